The maximum atomic E-state index is 13.4. The van der Waals surface area contributed by atoms with Crippen LogP contribution >= 0.6 is 11.6 Å². The van der Waals surface area contributed by atoms with E-state index < -0.39 is 40.1 Å². The van der Waals surface area contributed by atoms with Crippen LogP contribution in [0.1, 0.15) is 30.1 Å². The Morgan fingerprint density at radius 1 is 1.37 bits per heavy atom. The quantitative estimate of drug-likeness (QED) is 0.820. The molecule has 1 aromatic rings. The van der Waals surface area contributed by atoms with E-state index in [9.17, 15) is 18.4 Å². The summed E-state index contributed by atoms with van der Waals surface area (Å²) in [6.07, 6.45) is 0.0671. The molecule has 0 radical (unpaired) electrons. The highest BCUT2D eigenvalue weighted by molar-refractivity contribution is 6.30. The molecule has 0 bridgehead atoms. The van der Waals surface area contributed by atoms with E-state index in [2.05, 4.69) is 5.32 Å². The number of benzene rings is 1. The third-order valence-electron chi connectivity index (χ3n) is 2.42. The Labute approximate surface area is 113 Å². The Balaban J connectivity index is 2.73. The molecule has 0 aliphatic carbocycles. The van der Waals surface area contributed by atoms with Crippen LogP contribution in [0.4, 0.5) is 8.78 Å². The van der Waals surface area contributed by atoms with Crippen molar-refractivity contribution >= 4 is 23.5 Å². The van der Waals surface area contributed by atoms with Crippen molar-refractivity contribution in [3.63, 3.8) is 0 Å². The average Bonchev–Trinajstić information content (AvgIpc) is 2.31. The zero-order chi connectivity index (χ0) is 14.6. The van der Waals surface area contributed by atoms with Crippen molar-refractivity contribution in [3.8, 4) is 0 Å². The van der Waals surface area contributed by atoms with Crippen molar-refractivity contribution in [2.45, 2.75) is 25.8 Å². The number of aliphatic carboxylic acids is 1. The fourth-order valence-electron chi connectivity index (χ4n) is 1.41. The fourth-order valence-corrected chi connectivity index (χ4v) is 1.56. The third kappa shape index (κ3) is 4.48. The van der Waals surface area contributed by atoms with Gasteiger partial charge in [-0.2, -0.15) is 0 Å². The number of carbonyl (C=O) groups excluding carboxylic acids is 1. The lowest BCUT2D eigenvalue weighted by molar-refractivity contribution is -0.137. The molecule has 1 unspecified atom stereocenters. The largest absolute Gasteiger partial charge is 0.481 e. The van der Waals surface area contributed by atoms with Gasteiger partial charge in [0.1, 0.15) is 11.6 Å². The van der Waals surface area contributed by atoms with Crippen molar-refractivity contribution in [2.24, 2.45) is 0 Å². The van der Waals surface area contributed by atoms with E-state index in [-0.39, 0.29) is 12.8 Å². The van der Waals surface area contributed by atoms with E-state index in [1.165, 1.54) is 0 Å². The summed E-state index contributed by atoms with van der Waals surface area (Å²) in [7, 11) is 0. The molecule has 1 aromatic carbocycles. The van der Waals surface area contributed by atoms with Crippen molar-refractivity contribution < 1.29 is 23.5 Å². The average molecular weight is 292 g/mol. The van der Waals surface area contributed by atoms with E-state index in [4.69, 9.17) is 16.7 Å². The first-order valence-corrected chi connectivity index (χ1v) is 5.86. The summed E-state index contributed by atoms with van der Waals surface area (Å²) in [5, 5.41) is 10.5. The first kappa shape index (κ1) is 15.4. The first-order chi connectivity index (χ1) is 8.81. The maximum Gasteiger partial charge on any atom is 0.303 e. The maximum absolute atomic E-state index is 13.4. The van der Waals surface area contributed by atoms with E-state index in [1.54, 1.807) is 6.92 Å². The first-order valence-electron chi connectivity index (χ1n) is 5.48. The Hall–Kier alpha value is -1.69. The summed E-state index contributed by atoms with van der Waals surface area (Å²) in [6, 6.07) is 0.951. The molecule has 0 saturated carbocycles. The Kier molecular flexibility index (Phi) is 5.23. The number of carboxylic acid groups (broad SMARTS) is 1. The number of rotatable bonds is 5. The van der Waals surface area contributed by atoms with Crippen LogP contribution in [0.5, 0.6) is 0 Å². The molecule has 0 saturated heterocycles. The summed E-state index contributed by atoms with van der Waals surface area (Å²) in [5.74, 6) is -3.64. The van der Waals surface area contributed by atoms with Crippen LogP contribution < -0.4 is 5.32 Å². The molecule has 0 fully saturated rings. The molecule has 0 spiro atoms. The van der Waals surface area contributed by atoms with Gasteiger partial charge in [0.2, 0.25) is 0 Å². The highest BCUT2D eigenvalue weighted by atomic mass is 35.5. The molecule has 0 heterocycles. The van der Waals surface area contributed by atoms with Gasteiger partial charge >= 0.3 is 5.97 Å². The zero-order valence-corrected chi connectivity index (χ0v) is 10.8. The lowest BCUT2D eigenvalue weighted by Crippen LogP contribution is -2.33. The number of amides is 1. The van der Waals surface area contributed by atoms with Crippen LogP contribution in [0.2, 0.25) is 5.02 Å². The van der Waals surface area contributed by atoms with Gasteiger partial charge in [-0.15, -0.1) is 0 Å². The summed E-state index contributed by atoms with van der Waals surface area (Å²) in [6.45, 7) is 1.57. The minimum Gasteiger partial charge on any atom is -0.481 e. The third-order valence-corrected chi connectivity index (χ3v) is 2.71. The van der Waals surface area contributed by atoms with Crippen LogP contribution in [0.15, 0.2) is 12.1 Å². The second-order valence-electron chi connectivity index (χ2n) is 4.05. The van der Waals surface area contributed by atoms with Gasteiger partial charge in [-0.1, -0.05) is 11.6 Å². The standard InChI is InChI=1S/C12H12ClF2NO3/c1-6(2-3-11(17)18)16-12(19)7-4-10(15)8(13)5-9(7)14/h4-6H,2-3H2,1H3,(H,16,19)(H,17,18). The van der Waals surface area contributed by atoms with Crippen molar-refractivity contribution in [3.05, 3.63) is 34.4 Å². The molecule has 0 aliphatic rings. The molecule has 1 atom stereocenters. The van der Waals surface area contributed by atoms with Gasteiger partial charge in [0, 0.05) is 12.5 Å². The van der Waals surface area contributed by atoms with E-state index >= 15 is 0 Å². The molecular weight excluding hydrogens is 280 g/mol. The molecule has 104 valence electrons. The predicted molar refractivity (Wildman–Crippen MR) is 65.2 cm³/mol. The molecule has 4 nitrogen and oxygen atoms in total. The van der Waals surface area contributed by atoms with Crippen LogP contribution in [0, 0.1) is 11.6 Å². The number of nitrogens with one attached hydrogen (secondary N) is 1. The monoisotopic (exact) mass is 291 g/mol. The van der Waals surface area contributed by atoms with Crippen LogP contribution in [-0.4, -0.2) is 23.0 Å². The molecule has 2 N–H and O–H groups in total. The minimum absolute atomic E-state index is 0.126. The second kappa shape index (κ2) is 6.47. The number of carbonyl (C=O) groups is 2. The fraction of sp³-hybridized carbons (Fsp3) is 0.333. The minimum atomic E-state index is -0.996. The highest BCUT2D eigenvalue weighted by Gasteiger charge is 2.17. The van der Waals surface area contributed by atoms with Crippen LogP contribution in [0.25, 0.3) is 0 Å². The molecule has 1 amide bonds. The van der Waals surface area contributed by atoms with Gasteiger partial charge in [0.15, 0.2) is 0 Å². The van der Waals surface area contributed by atoms with Crippen molar-refractivity contribution in [2.75, 3.05) is 0 Å². The van der Waals surface area contributed by atoms with Crippen LogP contribution in [-0.2, 0) is 4.79 Å². The lowest BCUT2D eigenvalue weighted by atomic mass is 10.1. The summed E-state index contributed by atoms with van der Waals surface area (Å²) in [4.78, 5) is 22.0. The highest BCUT2D eigenvalue weighted by Crippen LogP contribution is 2.19. The van der Waals surface area contributed by atoms with E-state index in [0.717, 1.165) is 0 Å². The summed E-state index contributed by atoms with van der Waals surface area (Å²) < 4.78 is 26.6. The van der Waals surface area contributed by atoms with Crippen LogP contribution in [0.3, 0.4) is 0 Å². The smallest absolute Gasteiger partial charge is 0.303 e. The van der Waals surface area contributed by atoms with E-state index in [0.29, 0.717) is 12.1 Å². The van der Waals surface area contributed by atoms with Gasteiger partial charge in [-0.3, -0.25) is 9.59 Å². The zero-order valence-electron chi connectivity index (χ0n) is 10.0. The van der Waals surface area contributed by atoms with Gasteiger partial charge in [0.25, 0.3) is 5.91 Å². The van der Waals surface area contributed by atoms with Gasteiger partial charge < -0.3 is 10.4 Å². The number of carboxylic acids is 1. The summed E-state index contributed by atoms with van der Waals surface area (Å²) >= 11 is 5.37. The number of hydrogen-bond acceptors (Lipinski definition) is 2. The number of hydrogen-bond donors (Lipinski definition) is 2. The van der Waals surface area contributed by atoms with E-state index in [1.807, 2.05) is 0 Å². The number of halogens is 3. The summed E-state index contributed by atoms with van der Waals surface area (Å²) in [5.41, 5.74) is -0.468. The van der Waals surface area contributed by atoms with Crippen molar-refractivity contribution in [1.29, 1.82) is 0 Å². The van der Waals surface area contributed by atoms with Crippen molar-refractivity contribution in [1.82, 2.24) is 5.32 Å². The molecular formula is C12H12ClF2NO3. The van der Waals surface area contributed by atoms with Gasteiger partial charge in [-0.25, -0.2) is 8.78 Å². The molecule has 0 aliphatic heterocycles. The second-order valence-corrected chi connectivity index (χ2v) is 4.46. The topological polar surface area (TPSA) is 66.4 Å². The Morgan fingerprint density at radius 2 is 2.00 bits per heavy atom. The molecule has 19 heavy (non-hydrogen) atoms. The van der Waals surface area contributed by atoms with Gasteiger partial charge in [0.05, 0.1) is 10.6 Å². The Morgan fingerprint density at radius 3 is 2.58 bits per heavy atom. The Bertz CT molecular complexity index is 508. The molecule has 0 aromatic heterocycles. The lowest BCUT2D eigenvalue weighted by Gasteiger charge is -2.13. The van der Waals surface area contributed by atoms with Gasteiger partial charge in [-0.05, 0) is 25.5 Å². The SMILES string of the molecule is CC(CCC(=O)O)NC(=O)c1cc(F)c(Cl)cc1F. The predicted octanol–water partition coefficient (Wildman–Crippen LogP) is 2.60. The molecule has 1 rings (SSSR count). The molecule has 7 heteroatoms. The normalized spacial score (nSPS) is 12.0.